The molecule has 1 saturated heterocycles. The monoisotopic (exact) mass is 289 g/mol. The molecule has 2 rings (SSSR count). The fraction of sp³-hybridized carbons (Fsp3) is 0.571. The Morgan fingerprint density at radius 1 is 1.21 bits per heavy atom. The summed E-state index contributed by atoms with van der Waals surface area (Å²) in [5.74, 6) is -1.05. The number of hydrogen-bond donors (Lipinski definition) is 0. The summed E-state index contributed by atoms with van der Waals surface area (Å²) in [4.78, 5) is 2.23. The number of ether oxygens (including phenoxy) is 1. The van der Waals surface area contributed by atoms with Gasteiger partial charge in [-0.1, -0.05) is 6.07 Å². The standard InChI is InChI=1S/C14H18ClF2NO/c15-5-8-19-12-3-6-18(7-4-12)10-11-1-2-13(16)14(17)9-11/h1-2,9,12H,3-8,10H2. The van der Waals surface area contributed by atoms with Crippen LogP contribution in [0.25, 0.3) is 0 Å². The number of nitrogens with zero attached hydrogens (tertiary/aromatic N) is 1. The highest BCUT2D eigenvalue weighted by Gasteiger charge is 2.19. The zero-order chi connectivity index (χ0) is 13.7. The Morgan fingerprint density at radius 2 is 1.95 bits per heavy atom. The van der Waals surface area contributed by atoms with Gasteiger partial charge in [-0.05, 0) is 30.5 Å². The van der Waals surface area contributed by atoms with Crippen LogP contribution >= 0.6 is 11.6 Å². The zero-order valence-corrected chi connectivity index (χ0v) is 11.5. The second kappa shape index (κ2) is 7.17. The van der Waals surface area contributed by atoms with Gasteiger partial charge < -0.3 is 4.74 Å². The van der Waals surface area contributed by atoms with Crippen LogP contribution < -0.4 is 0 Å². The van der Waals surface area contributed by atoms with Gasteiger partial charge in [-0.15, -0.1) is 11.6 Å². The maximum Gasteiger partial charge on any atom is 0.159 e. The van der Waals surface area contributed by atoms with Crippen LogP contribution in [0.2, 0.25) is 0 Å². The van der Waals surface area contributed by atoms with E-state index in [4.69, 9.17) is 16.3 Å². The molecule has 0 N–H and O–H groups in total. The van der Waals surface area contributed by atoms with E-state index < -0.39 is 11.6 Å². The summed E-state index contributed by atoms with van der Waals surface area (Å²) in [6.45, 7) is 3.06. The van der Waals surface area contributed by atoms with Crippen LogP contribution in [-0.4, -0.2) is 36.6 Å². The van der Waals surface area contributed by atoms with Crippen LogP contribution in [0, 0.1) is 11.6 Å². The smallest absolute Gasteiger partial charge is 0.159 e. The van der Waals surface area contributed by atoms with Gasteiger partial charge in [0.25, 0.3) is 0 Å². The molecule has 19 heavy (non-hydrogen) atoms. The Kier molecular flexibility index (Phi) is 5.55. The van der Waals surface area contributed by atoms with Crippen molar-refractivity contribution in [1.82, 2.24) is 4.90 Å². The van der Waals surface area contributed by atoms with Crippen molar-refractivity contribution in [3.63, 3.8) is 0 Å². The quantitative estimate of drug-likeness (QED) is 0.772. The van der Waals surface area contributed by atoms with Crippen LogP contribution in [0.4, 0.5) is 8.78 Å². The summed E-state index contributed by atoms with van der Waals surface area (Å²) in [5, 5.41) is 0. The molecular formula is C14H18ClF2NO. The lowest BCUT2D eigenvalue weighted by molar-refractivity contribution is 0.0134. The topological polar surface area (TPSA) is 12.5 Å². The number of hydrogen-bond acceptors (Lipinski definition) is 2. The lowest BCUT2D eigenvalue weighted by Gasteiger charge is -2.31. The van der Waals surface area contributed by atoms with E-state index in [1.165, 1.54) is 12.1 Å². The molecule has 1 aliphatic heterocycles. The molecule has 1 fully saturated rings. The van der Waals surface area contributed by atoms with E-state index >= 15 is 0 Å². The Balaban J connectivity index is 1.80. The Morgan fingerprint density at radius 3 is 2.58 bits per heavy atom. The first-order chi connectivity index (χ1) is 9.19. The molecule has 0 spiro atoms. The molecule has 0 amide bonds. The van der Waals surface area contributed by atoms with Crippen molar-refractivity contribution in [2.24, 2.45) is 0 Å². The lowest BCUT2D eigenvalue weighted by atomic mass is 10.1. The number of alkyl halides is 1. The minimum absolute atomic E-state index is 0.278. The molecule has 0 aliphatic carbocycles. The normalized spacial score (nSPS) is 17.8. The Hall–Kier alpha value is -0.710. The number of piperidine rings is 1. The average Bonchev–Trinajstić information content (AvgIpc) is 2.42. The molecule has 5 heteroatoms. The molecule has 0 aromatic heterocycles. The molecule has 0 unspecified atom stereocenters. The van der Waals surface area contributed by atoms with Gasteiger partial charge >= 0.3 is 0 Å². The Labute approximate surface area is 117 Å². The van der Waals surface area contributed by atoms with E-state index in [1.807, 2.05) is 0 Å². The van der Waals surface area contributed by atoms with E-state index in [9.17, 15) is 8.78 Å². The summed E-state index contributed by atoms with van der Waals surface area (Å²) in [6.07, 6.45) is 2.20. The summed E-state index contributed by atoms with van der Waals surface area (Å²) >= 11 is 5.58. The second-order valence-electron chi connectivity index (χ2n) is 4.78. The lowest BCUT2D eigenvalue weighted by Crippen LogP contribution is -2.36. The third-order valence-corrected chi connectivity index (χ3v) is 3.51. The molecule has 106 valence electrons. The van der Waals surface area contributed by atoms with Crippen molar-refractivity contribution in [3.8, 4) is 0 Å². The minimum Gasteiger partial charge on any atom is -0.377 e. The van der Waals surface area contributed by atoms with Crippen LogP contribution in [0.5, 0.6) is 0 Å². The summed E-state index contributed by atoms with van der Waals surface area (Å²) in [6, 6.07) is 4.08. The molecule has 2 nitrogen and oxygen atoms in total. The van der Waals surface area contributed by atoms with Crippen LogP contribution in [0.3, 0.4) is 0 Å². The van der Waals surface area contributed by atoms with Gasteiger partial charge in [-0.2, -0.15) is 0 Å². The van der Waals surface area contributed by atoms with Crippen LogP contribution in [-0.2, 0) is 11.3 Å². The third-order valence-electron chi connectivity index (χ3n) is 3.36. The number of benzene rings is 1. The third kappa shape index (κ3) is 4.41. The molecule has 1 aromatic carbocycles. The van der Waals surface area contributed by atoms with Crippen molar-refractivity contribution in [2.45, 2.75) is 25.5 Å². The first-order valence-corrected chi connectivity index (χ1v) is 7.06. The molecule has 0 radical (unpaired) electrons. The van der Waals surface area contributed by atoms with Crippen molar-refractivity contribution in [2.75, 3.05) is 25.6 Å². The summed E-state index contributed by atoms with van der Waals surface area (Å²) in [5.41, 5.74) is 0.805. The summed E-state index contributed by atoms with van der Waals surface area (Å²) in [7, 11) is 0. The maximum absolute atomic E-state index is 13.1. The molecule has 1 aliphatic rings. The van der Waals surface area contributed by atoms with Crippen molar-refractivity contribution in [1.29, 1.82) is 0 Å². The van der Waals surface area contributed by atoms with Gasteiger partial charge in [0.1, 0.15) is 0 Å². The van der Waals surface area contributed by atoms with Gasteiger partial charge in [-0.25, -0.2) is 8.78 Å². The van der Waals surface area contributed by atoms with Gasteiger partial charge in [0.05, 0.1) is 12.7 Å². The predicted octanol–water partition coefficient (Wildman–Crippen LogP) is 3.18. The number of rotatable bonds is 5. The highest BCUT2D eigenvalue weighted by Crippen LogP contribution is 2.17. The van der Waals surface area contributed by atoms with Gasteiger partial charge in [0, 0.05) is 25.5 Å². The van der Waals surface area contributed by atoms with E-state index in [0.717, 1.165) is 31.5 Å². The molecule has 0 bridgehead atoms. The van der Waals surface area contributed by atoms with Gasteiger partial charge in [-0.3, -0.25) is 4.90 Å². The van der Waals surface area contributed by atoms with E-state index in [0.29, 0.717) is 19.0 Å². The van der Waals surface area contributed by atoms with Crippen molar-refractivity contribution >= 4 is 11.6 Å². The maximum atomic E-state index is 13.1. The first-order valence-electron chi connectivity index (χ1n) is 6.53. The highest BCUT2D eigenvalue weighted by molar-refractivity contribution is 6.17. The van der Waals surface area contributed by atoms with Crippen molar-refractivity contribution < 1.29 is 13.5 Å². The van der Waals surface area contributed by atoms with Gasteiger partial charge in [0.15, 0.2) is 11.6 Å². The second-order valence-corrected chi connectivity index (χ2v) is 5.16. The first kappa shape index (κ1) is 14.7. The molecule has 1 aromatic rings. The minimum atomic E-state index is -0.795. The molecular weight excluding hydrogens is 272 g/mol. The van der Waals surface area contributed by atoms with Crippen molar-refractivity contribution in [3.05, 3.63) is 35.4 Å². The van der Waals surface area contributed by atoms with Gasteiger partial charge in [0.2, 0.25) is 0 Å². The van der Waals surface area contributed by atoms with E-state index in [2.05, 4.69) is 4.90 Å². The molecule has 0 saturated carbocycles. The fourth-order valence-corrected chi connectivity index (χ4v) is 2.43. The fourth-order valence-electron chi connectivity index (χ4n) is 2.34. The largest absolute Gasteiger partial charge is 0.377 e. The number of halogens is 3. The average molecular weight is 290 g/mol. The predicted molar refractivity (Wildman–Crippen MR) is 71.3 cm³/mol. The van der Waals surface area contributed by atoms with E-state index in [-0.39, 0.29) is 6.10 Å². The van der Waals surface area contributed by atoms with E-state index in [1.54, 1.807) is 6.07 Å². The van der Waals surface area contributed by atoms with Crippen LogP contribution in [0.15, 0.2) is 18.2 Å². The Bertz CT molecular complexity index is 408. The SMILES string of the molecule is Fc1ccc(CN2CCC(OCCCl)CC2)cc1F. The highest BCUT2D eigenvalue weighted by atomic mass is 35.5. The summed E-state index contributed by atoms with van der Waals surface area (Å²) < 4.78 is 31.5. The molecule has 1 heterocycles. The number of likely N-dealkylation sites (tertiary alicyclic amines) is 1. The molecule has 0 atom stereocenters. The zero-order valence-electron chi connectivity index (χ0n) is 10.7. The van der Waals surface area contributed by atoms with Crippen LogP contribution in [0.1, 0.15) is 18.4 Å².